The van der Waals surface area contributed by atoms with E-state index >= 15 is 0 Å². The average Bonchev–Trinajstić information content (AvgIpc) is 2.64. The van der Waals surface area contributed by atoms with Gasteiger partial charge in [0.25, 0.3) is 0 Å². The van der Waals surface area contributed by atoms with Gasteiger partial charge in [0.2, 0.25) is 0 Å². The zero-order valence-corrected chi connectivity index (χ0v) is 8.35. The fraction of sp³-hybridized carbons (Fsp3) is 0. The minimum absolute atomic E-state index is 0.385. The quantitative estimate of drug-likeness (QED) is 0.840. The van der Waals surface area contributed by atoms with Gasteiger partial charge in [-0.15, -0.1) is 0 Å². The van der Waals surface area contributed by atoms with Crippen LogP contribution in [0.1, 0.15) is 0 Å². The Morgan fingerprint density at radius 1 is 1.58 bits per heavy atom. The number of nitrogens with zero attached hydrogens (tertiary/aromatic N) is 1. The largest absolute Gasteiger partial charge is 0.380 e. The van der Waals surface area contributed by atoms with Crippen LogP contribution in [0.4, 0.5) is 5.82 Å². The first kappa shape index (κ1) is 7.82. The first-order chi connectivity index (χ1) is 5.79. The first-order valence-corrected chi connectivity index (χ1v) is 4.96. The Hall–Kier alpha value is -0.810. The van der Waals surface area contributed by atoms with E-state index < -0.39 is 0 Å². The minimum Gasteiger partial charge on any atom is -0.380 e. The van der Waals surface area contributed by atoms with E-state index in [0.717, 1.165) is 10.0 Å². The van der Waals surface area contributed by atoms with Crippen LogP contribution in [0.3, 0.4) is 0 Å². The van der Waals surface area contributed by atoms with Gasteiger partial charge in [0, 0.05) is 10.9 Å². The van der Waals surface area contributed by atoms with Crippen molar-refractivity contribution in [3.63, 3.8) is 0 Å². The molecule has 2 rings (SSSR count). The van der Waals surface area contributed by atoms with E-state index in [1.807, 2.05) is 16.8 Å². The van der Waals surface area contributed by atoms with Crippen molar-refractivity contribution >= 4 is 33.1 Å². The summed E-state index contributed by atoms with van der Waals surface area (Å²) in [5.41, 5.74) is 6.49. The molecule has 2 heterocycles. The van der Waals surface area contributed by atoms with E-state index in [4.69, 9.17) is 10.3 Å². The van der Waals surface area contributed by atoms with Gasteiger partial charge in [-0.25, -0.2) is 0 Å². The molecule has 5 heteroatoms. The molecule has 0 aliphatic rings. The van der Waals surface area contributed by atoms with Crippen LogP contribution >= 0.6 is 27.3 Å². The Morgan fingerprint density at radius 2 is 2.42 bits per heavy atom. The second kappa shape index (κ2) is 2.91. The van der Waals surface area contributed by atoms with Gasteiger partial charge < -0.3 is 10.3 Å². The predicted molar refractivity (Wildman–Crippen MR) is 51.9 cm³/mol. The number of nitrogen functional groups attached to an aromatic ring is 1. The van der Waals surface area contributed by atoms with Crippen molar-refractivity contribution < 1.29 is 4.52 Å². The van der Waals surface area contributed by atoms with Gasteiger partial charge in [0.05, 0.1) is 0 Å². The number of rotatable bonds is 1. The third-order valence-corrected chi connectivity index (χ3v) is 2.89. The average molecular weight is 245 g/mol. The third kappa shape index (κ3) is 1.15. The molecule has 0 aromatic carbocycles. The molecular weight excluding hydrogens is 240 g/mol. The highest BCUT2D eigenvalue weighted by Gasteiger charge is 2.12. The number of thiophene rings is 1. The van der Waals surface area contributed by atoms with Crippen molar-refractivity contribution in [2.45, 2.75) is 0 Å². The summed E-state index contributed by atoms with van der Waals surface area (Å²) in [5.74, 6) is 1.07. The molecule has 62 valence electrons. The molecule has 0 spiro atoms. The van der Waals surface area contributed by atoms with Crippen LogP contribution in [0.15, 0.2) is 25.8 Å². The molecule has 0 aliphatic heterocycles. The zero-order valence-electron chi connectivity index (χ0n) is 5.95. The Balaban J connectivity index is 2.55. The molecule has 0 amide bonds. The van der Waals surface area contributed by atoms with Crippen LogP contribution in [-0.4, -0.2) is 5.16 Å². The third-order valence-electron chi connectivity index (χ3n) is 1.44. The van der Waals surface area contributed by atoms with Crippen LogP contribution in [0, 0.1) is 0 Å². The predicted octanol–water partition coefficient (Wildman–Crippen LogP) is 2.75. The topological polar surface area (TPSA) is 52.0 Å². The van der Waals surface area contributed by atoms with Crippen LogP contribution in [0.2, 0.25) is 0 Å². The van der Waals surface area contributed by atoms with Crippen LogP contribution in [0.25, 0.3) is 11.3 Å². The van der Waals surface area contributed by atoms with Crippen molar-refractivity contribution in [3.8, 4) is 11.3 Å². The number of halogens is 1. The maximum Gasteiger partial charge on any atom is 0.184 e. The van der Waals surface area contributed by atoms with Crippen LogP contribution in [0.5, 0.6) is 0 Å². The molecule has 0 radical (unpaired) electrons. The lowest BCUT2D eigenvalue weighted by Gasteiger charge is -1.88. The normalized spacial score (nSPS) is 10.4. The lowest BCUT2D eigenvalue weighted by molar-refractivity contribution is 0.435. The lowest BCUT2D eigenvalue weighted by Crippen LogP contribution is -1.82. The highest BCUT2D eigenvalue weighted by molar-refractivity contribution is 9.10. The summed E-state index contributed by atoms with van der Waals surface area (Å²) < 4.78 is 5.75. The highest BCUT2D eigenvalue weighted by atomic mass is 79.9. The number of aromatic nitrogens is 1. The van der Waals surface area contributed by atoms with Gasteiger partial charge in [0.15, 0.2) is 11.6 Å². The summed E-state index contributed by atoms with van der Waals surface area (Å²) in [6, 6.07) is 1.95. The van der Waals surface area contributed by atoms with Gasteiger partial charge in [-0.1, -0.05) is 5.16 Å². The van der Waals surface area contributed by atoms with Crippen LogP contribution < -0.4 is 5.73 Å². The molecule has 0 aliphatic carbocycles. The fourth-order valence-electron chi connectivity index (χ4n) is 0.864. The number of hydrogen-bond acceptors (Lipinski definition) is 4. The molecule has 3 nitrogen and oxygen atoms in total. The Bertz CT molecular complexity index is 382. The molecule has 2 aromatic heterocycles. The highest BCUT2D eigenvalue weighted by Crippen LogP contribution is 2.33. The second-order valence-electron chi connectivity index (χ2n) is 2.22. The van der Waals surface area contributed by atoms with E-state index in [1.165, 1.54) is 0 Å². The fourth-order valence-corrected chi connectivity index (χ4v) is 1.87. The van der Waals surface area contributed by atoms with Gasteiger partial charge >= 0.3 is 0 Å². The van der Waals surface area contributed by atoms with E-state index in [9.17, 15) is 0 Å². The van der Waals surface area contributed by atoms with Gasteiger partial charge in [-0.3, -0.25) is 0 Å². The Kier molecular flexibility index (Phi) is 1.90. The van der Waals surface area contributed by atoms with Gasteiger partial charge in [0.1, 0.15) is 4.47 Å². The molecule has 12 heavy (non-hydrogen) atoms. The molecule has 0 fully saturated rings. The maximum atomic E-state index is 5.50. The molecule has 0 unspecified atom stereocenters. The van der Waals surface area contributed by atoms with E-state index in [-0.39, 0.29) is 0 Å². The number of anilines is 1. The van der Waals surface area contributed by atoms with Crippen molar-refractivity contribution in [1.82, 2.24) is 5.16 Å². The monoisotopic (exact) mass is 244 g/mol. The summed E-state index contributed by atoms with van der Waals surface area (Å²) in [6.07, 6.45) is 0. The summed E-state index contributed by atoms with van der Waals surface area (Å²) in [6.45, 7) is 0. The Labute approximate surface area is 81.3 Å². The molecule has 2 aromatic rings. The molecule has 0 atom stereocenters. The number of hydrogen-bond donors (Lipinski definition) is 1. The van der Waals surface area contributed by atoms with Crippen molar-refractivity contribution in [2.24, 2.45) is 0 Å². The summed E-state index contributed by atoms with van der Waals surface area (Å²) in [7, 11) is 0. The molecule has 0 saturated heterocycles. The van der Waals surface area contributed by atoms with Gasteiger partial charge in [-0.2, -0.15) is 11.3 Å². The molecule has 0 bridgehead atoms. The first-order valence-electron chi connectivity index (χ1n) is 3.22. The van der Waals surface area contributed by atoms with Gasteiger partial charge in [-0.05, 0) is 27.4 Å². The van der Waals surface area contributed by atoms with Crippen molar-refractivity contribution in [2.75, 3.05) is 5.73 Å². The smallest absolute Gasteiger partial charge is 0.184 e. The Morgan fingerprint density at radius 3 is 2.92 bits per heavy atom. The maximum absolute atomic E-state index is 5.50. The molecular formula is C7H5BrN2OS. The van der Waals surface area contributed by atoms with Crippen molar-refractivity contribution in [3.05, 3.63) is 21.3 Å². The molecule has 2 N–H and O–H groups in total. The molecule has 0 saturated carbocycles. The number of nitrogens with two attached hydrogens (primary N) is 1. The van der Waals surface area contributed by atoms with Crippen LogP contribution in [-0.2, 0) is 0 Å². The summed E-state index contributed by atoms with van der Waals surface area (Å²) >= 11 is 4.90. The minimum atomic E-state index is 0.385. The zero-order chi connectivity index (χ0) is 8.55. The lowest BCUT2D eigenvalue weighted by atomic mass is 10.3. The summed E-state index contributed by atoms with van der Waals surface area (Å²) in [5, 5.41) is 7.58. The van der Waals surface area contributed by atoms with E-state index in [0.29, 0.717) is 11.6 Å². The van der Waals surface area contributed by atoms with E-state index in [1.54, 1.807) is 11.3 Å². The SMILES string of the molecule is Nc1noc(-c2ccsc2)c1Br. The van der Waals surface area contributed by atoms with Crippen molar-refractivity contribution in [1.29, 1.82) is 0 Å². The standard InChI is InChI=1S/C7H5BrN2OS/c8-5-6(11-10-7(5)9)4-1-2-12-3-4/h1-3H,(H2,9,10). The summed E-state index contributed by atoms with van der Waals surface area (Å²) in [4.78, 5) is 0. The second-order valence-corrected chi connectivity index (χ2v) is 3.80. The van der Waals surface area contributed by atoms with E-state index in [2.05, 4.69) is 21.1 Å².